The van der Waals surface area contributed by atoms with Gasteiger partial charge in [0.25, 0.3) is 0 Å². The summed E-state index contributed by atoms with van der Waals surface area (Å²) >= 11 is 0. The highest BCUT2D eigenvalue weighted by atomic mass is 19.4. The van der Waals surface area contributed by atoms with Crippen molar-refractivity contribution < 1.29 is 23.2 Å². The Kier molecular flexibility index (Phi) is 5.19. The van der Waals surface area contributed by atoms with Crippen molar-refractivity contribution in [2.45, 2.75) is 19.1 Å². The molecule has 3 nitrogen and oxygen atoms in total. The molecule has 7 heteroatoms. The van der Waals surface area contributed by atoms with E-state index in [9.17, 15) is 13.2 Å². The SMILES string of the molecule is CN(CCC(F)(F)F)Cc1ccc(B(O)O)cc1. The van der Waals surface area contributed by atoms with Gasteiger partial charge in [0.15, 0.2) is 0 Å². The van der Waals surface area contributed by atoms with E-state index in [0.29, 0.717) is 12.0 Å². The molecule has 0 radical (unpaired) electrons. The van der Waals surface area contributed by atoms with Crippen molar-refractivity contribution in [2.24, 2.45) is 0 Å². The summed E-state index contributed by atoms with van der Waals surface area (Å²) in [6, 6.07) is 6.41. The molecule has 0 unspecified atom stereocenters. The van der Waals surface area contributed by atoms with E-state index >= 15 is 0 Å². The largest absolute Gasteiger partial charge is 0.488 e. The van der Waals surface area contributed by atoms with E-state index in [4.69, 9.17) is 10.0 Å². The average molecular weight is 261 g/mol. The summed E-state index contributed by atoms with van der Waals surface area (Å²) in [6.45, 7) is 0.325. The molecular formula is C11H15BF3NO2. The van der Waals surface area contributed by atoms with Crippen LogP contribution in [-0.2, 0) is 6.54 Å². The molecule has 2 N–H and O–H groups in total. The van der Waals surface area contributed by atoms with Crippen molar-refractivity contribution in [1.82, 2.24) is 4.90 Å². The fourth-order valence-corrected chi connectivity index (χ4v) is 1.50. The first-order valence-electron chi connectivity index (χ1n) is 5.48. The van der Waals surface area contributed by atoms with Crippen LogP contribution < -0.4 is 5.46 Å². The number of benzene rings is 1. The molecular weight excluding hydrogens is 246 g/mol. The zero-order valence-electron chi connectivity index (χ0n) is 9.98. The first-order chi connectivity index (χ1) is 8.28. The molecule has 1 rings (SSSR count). The minimum absolute atomic E-state index is 0.0616. The molecule has 18 heavy (non-hydrogen) atoms. The highest BCUT2D eigenvalue weighted by molar-refractivity contribution is 6.58. The molecule has 0 saturated heterocycles. The first kappa shape index (κ1) is 15.0. The van der Waals surface area contributed by atoms with Crippen LogP contribution in [0.4, 0.5) is 13.2 Å². The maximum atomic E-state index is 12.0. The van der Waals surface area contributed by atoms with Gasteiger partial charge >= 0.3 is 13.3 Å². The summed E-state index contributed by atoms with van der Waals surface area (Å²) in [7, 11) is 0.0857. The molecule has 0 bridgehead atoms. The fourth-order valence-electron chi connectivity index (χ4n) is 1.50. The Morgan fingerprint density at radius 2 is 1.72 bits per heavy atom. The molecule has 0 spiro atoms. The van der Waals surface area contributed by atoms with E-state index in [0.717, 1.165) is 5.56 Å². The summed E-state index contributed by atoms with van der Waals surface area (Å²) < 4.78 is 36.0. The van der Waals surface area contributed by atoms with Crippen molar-refractivity contribution in [3.63, 3.8) is 0 Å². The number of halogens is 3. The third-order valence-electron chi connectivity index (χ3n) is 2.51. The molecule has 0 heterocycles. The van der Waals surface area contributed by atoms with E-state index in [1.165, 1.54) is 12.1 Å². The van der Waals surface area contributed by atoms with Crippen LogP contribution in [0.25, 0.3) is 0 Å². The van der Waals surface area contributed by atoms with Crippen LogP contribution in [-0.4, -0.2) is 41.8 Å². The maximum absolute atomic E-state index is 12.0. The molecule has 0 amide bonds. The van der Waals surface area contributed by atoms with Crippen molar-refractivity contribution in [1.29, 1.82) is 0 Å². The van der Waals surface area contributed by atoms with Crippen molar-refractivity contribution >= 4 is 12.6 Å². The monoisotopic (exact) mass is 261 g/mol. The number of alkyl halides is 3. The predicted molar refractivity (Wildman–Crippen MR) is 63.3 cm³/mol. The van der Waals surface area contributed by atoms with Gasteiger partial charge in [0.05, 0.1) is 6.42 Å². The fraction of sp³-hybridized carbons (Fsp3) is 0.455. The Hall–Kier alpha value is -1.05. The first-order valence-corrected chi connectivity index (χ1v) is 5.48. The summed E-state index contributed by atoms with van der Waals surface area (Å²) in [6.07, 6.45) is -4.98. The quantitative estimate of drug-likeness (QED) is 0.769. The van der Waals surface area contributed by atoms with Crippen molar-refractivity contribution in [3.05, 3.63) is 29.8 Å². The van der Waals surface area contributed by atoms with Crippen LogP contribution in [0.15, 0.2) is 24.3 Å². The van der Waals surface area contributed by atoms with Gasteiger partial charge in [-0.25, -0.2) is 0 Å². The Morgan fingerprint density at radius 1 is 1.17 bits per heavy atom. The highest BCUT2D eigenvalue weighted by Crippen LogP contribution is 2.19. The molecule has 0 aliphatic carbocycles. The predicted octanol–water partition coefficient (Wildman–Crippen LogP) is 0.751. The number of hydrogen-bond donors (Lipinski definition) is 2. The van der Waals surface area contributed by atoms with Gasteiger partial charge in [-0.05, 0) is 18.1 Å². The average Bonchev–Trinajstić information content (AvgIpc) is 2.26. The molecule has 0 atom stereocenters. The van der Waals surface area contributed by atoms with Crippen LogP contribution in [0, 0.1) is 0 Å². The van der Waals surface area contributed by atoms with Gasteiger partial charge < -0.3 is 14.9 Å². The topological polar surface area (TPSA) is 43.7 Å². The number of hydrogen-bond acceptors (Lipinski definition) is 3. The van der Waals surface area contributed by atoms with Gasteiger partial charge in [-0.1, -0.05) is 24.3 Å². The summed E-state index contributed by atoms with van der Waals surface area (Å²) in [4.78, 5) is 1.57. The minimum Gasteiger partial charge on any atom is -0.423 e. The van der Waals surface area contributed by atoms with E-state index < -0.39 is 19.7 Å². The molecule has 0 aliphatic rings. The van der Waals surface area contributed by atoms with Gasteiger partial charge in [0, 0.05) is 13.1 Å². The summed E-state index contributed by atoms with van der Waals surface area (Å²) in [5.74, 6) is 0. The van der Waals surface area contributed by atoms with Crippen molar-refractivity contribution in [2.75, 3.05) is 13.6 Å². The molecule has 0 aromatic heterocycles. The van der Waals surface area contributed by atoms with Crippen LogP contribution in [0.5, 0.6) is 0 Å². The molecule has 1 aromatic carbocycles. The Morgan fingerprint density at radius 3 is 2.17 bits per heavy atom. The molecule has 0 aliphatic heterocycles. The van der Waals surface area contributed by atoms with Crippen molar-refractivity contribution in [3.8, 4) is 0 Å². The van der Waals surface area contributed by atoms with E-state index in [-0.39, 0.29) is 6.54 Å². The Bertz CT molecular complexity index is 368. The highest BCUT2D eigenvalue weighted by Gasteiger charge is 2.27. The van der Waals surface area contributed by atoms with E-state index in [1.54, 1.807) is 24.1 Å². The lowest BCUT2D eigenvalue weighted by Gasteiger charge is -2.17. The van der Waals surface area contributed by atoms with Gasteiger partial charge in [-0.3, -0.25) is 0 Å². The van der Waals surface area contributed by atoms with Gasteiger partial charge in [-0.15, -0.1) is 0 Å². The van der Waals surface area contributed by atoms with Gasteiger partial charge in [-0.2, -0.15) is 13.2 Å². The zero-order chi connectivity index (χ0) is 13.8. The summed E-state index contributed by atoms with van der Waals surface area (Å²) in [5, 5.41) is 17.8. The van der Waals surface area contributed by atoms with Gasteiger partial charge in [0.1, 0.15) is 0 Å². The second-order valence-electron chi connectivity index (χ2n) is 4.22. The Labute approximate surface area is 104 Å². The lowest BCUT2D eigenvalue weighted by molar-refractivity contribution is -0.137. The molecule has 1 aromatic rings. The molecule has 100 valence electrons. The van der Waals surface area contributed by atoms with Crippen LogP contribution in [0.3, 0.4) is 0 Å². The second kappa shape index (κ2) is 6.22. The maximum Gasteiger partial charge on any atom is 0.488 e. The van der Waals surface area contributed by atoms with E-state index in [1.807, 2.05) is 0 Å². The van der Waals surface area contributed by atoms with Crippen LogP contribution in [0.2, 0.25) is 0 Å². The standard InChI is InChI=1S/C11H15BF3NO2/c1-16(7-6-11(13,14)15)8-9-2-4-10(5-3-9)12(17)18/h2-5,17-18H,6-8H2,1H3. The number of rotatable bonds is 5. The normalized spacial score (nSPS) is 11.9. The Balaban J connectivity index is 2.47. The minimum atomic E-state index is -4.14. The van der Waals surface area contributed by atoms with Crippen LogP contribution >= 0.6 is 0 Å². The zero-order valence-corrected chi connectivity index (χ0v) is 9.98. The summed E-state index contributed by atoms with van der Waals surface area (Å²) in [5.41, 5.74) is 1.18. The van der Waals surface area contributed by atoms with Gasteiger partial charge in [0.2, 0.25) is 0 Å². The molecule has 0 saturated carbocycles. The molecule has 0 fully saturated rings. The number of nitrogens with zero attached hydrogens (tertiary/aromatic N) is 1. The smallest absolute Gasteiger partial charge is 0.423 e. The lowest BCUT2D eigenvalue weighted by atomic mass is 9.80. The lowest BCUT2D eigenvalue weighted by Crippen LogP contribution is -2.30. The third-order valence-corrected chi connectivity index (χ3v) is 2.51. The van der Waals surface area contributed by atoms with Crippen LogP contribution in [0.1, 0.15) is 12.0 Å². The third kappa shape index (κ3) is 5.53. The second-order valence-corrected chi connectivity index (χ2v) is 4.22. The van der Waals surface area contributed by atoms with E-state index in [2.05, 4.69) is 0 Å².